The average Bonchev–Trinajstić information content (AvgIpc) is 2.93. The quantitative estimate of drug-likeness (QED) is 0.319. The molecule has 0 fully saturated rings. The lowest BCUT2D eigenvalue weighted by atomic mass is 10.0. The molecule has 0 aliphatic heterocycles. The molecule has 3 aromatic rings. The van der Waals surface area contributed by atoms with Crippen LogP contribution in [0.3, 0.4) is 0 Å². The van der Waals surface area contributed by atoms with Gasteiger partial charge in [0, 0.05) is 25.2 Å². The largest absolute Gasteiger partial charge is 0.493 e. The summed E-state index contributed by atoms with van der Waals surface area (Å²) in [6, 6.07) is 21.9. The lowest BCUT2D eigenvalue weighted by Gasteiger charge is -2.20. The average molecular weight is 532 g/mol. The van der Waals surface area contributed by atoms with E-state index < -0.39 is 6.09 Å². The maximum Gasteiger partial charge on any atom is 0.410 e. The van der Waals surface area contributed by atoms with Crippen LogP contribution in [0.2, 0.25) is 0 Å². The van der Waals surface area contributed by atoms with Crippen LogP contribution < -0.4 is 15.4 Å². The highest BCUT2D eigenvalue weighted by molar-refractivity contribution is 6.00. The summed E-state index contributed by atoms with van der Waals surface area (Å²) in [6.07, 6.45) is -0.418. The molecule has 0 saturated heterocycles. The molecule has 0 heterocycles. The SMILES string of the molecule is CCOc1ccc(NC(=O)C(C)C)cc1C(=O)NC(C)c1cccc(CN(C)C(=O)OCc2ccccc2)c1. The molecule has 206 valence electrons. The molecule has 0 aromatic heterocycles. The van der Waals surface area contributed by atoms with Crippen molar-refractivity contribution in [3.05, 3.63) is 95.1 Å². The second-order valence-corrected chi connectivity index (χ2v) is 9.62. The van der Waals surface area contributed by atoms with Gasteiger partial charge in [0.1, 0.15) is 12.4 Å². The van der Waals surface area contributed by atoms with Gasteiger partial charge in [-0.3, -0.25) is 9.59 Å². The van der Waals surface area contributed by atoms with Crippen LogP contribution >= 0.6 is 0 Å². The molecule has 1 atom stereocenters. The predicted molar refractivity (Wildman–Crippen MR) is 151 cm³/mol. The molecule has 39 heavy (non-hydrogen) atoms. The molecule has 0 radical (unpaired) electrons. The number of amides is 3. The molecule has 3 amide bonds. The first-order valence-electron chi connectivity index (χ1n) is 13.1. The number of benzene rings is 3. The van der Waals surface area contributed by atoms with Crippen LogP contribution in [0.1, 0.15) is 60.8 Å². The van der Waals surface area contributed by atoms with Crippen LogP contribution in [-0.4, -0.2) is 36.5 Å². The first-order valence-corrected chi connectivity index (χ1v) is 13.1. The summed E-state index contributed by atoms with van der Waals surface area (Å²) in [5.41, 5.74) is 3.57. The zero-order chi connectivity index (χ0) is 28.4. The normalized spacial score (nSPS) is 11.4. The van der Waals surface area contributed by atoms with Gasteiger partial charge in [0.15, 0.2) is 0 Å². The third-order valence-corrected chi connectivity index (χ3v) is 6.05. The number of nitrogens with zero attached hydrogens (tertiary/aromatic N) is 1. The molecule has 0 aliphatic carbocycles. The minimum atomic E-state index is -0.418. The zero-order valence-electron chi connectivity index (χ0n) is 23.2. The molecule has 8 heteroatoms. The van der Waals surface area contributed by atoms with Crippen LogP contribution in [0, 0.1) is 5.92 Å². The second kappa shape index (κ2) is 14.0. The van der Waals surface area contributed by atoms with Crippen molar-refractivity contribution in [2.24, 2.45) is 5.92 Å². The first-order chi connectivity index (χ1) is 18.7. The molecule has 3 aromatic carbocycles. The van der Waals surface area contributed by atoms with Crippen molar-refractivity contribution in [3.8, 4) is 5.75 Å². The Labute approximate surface area is 230 Å². The third kappa shape index (κ3) is 8.60. The van der Waals surface area contributed by atoms with Crippen molar-refractivity contribution in [1.82, 2.24) is 10.2 Å². The van der Waals surface area contributed by atoms with Crippen LogP contribution in [0.25, 0.3) is 0 Å². The number of rotatable bonds is 11. The summed E-state index contributed by atoms with van der Waals surface area (Å²) in [5, 5.41) is 5.85. The molecule has 0 aliphatic rings. The molecule has 0 spiro atoms. The Hall–Kier alpha value is -4.33. The number of ether oxygens (including phenoxy) is 2. The van der Waals surface area contributed by atoms with Gasteiger partial charge >= 0.3 is 6.09 Å². The second-order valence-electron chi connectivity index (χ2n) is 9.62. The van der Waals surface area contributed by atoms with E-state index in [0.717, 1.165) is 16.7 Å². The highest BCUT2D eigenvalue weighted by Gasteiger charge is 2.19. The Morgan fingerprint density at radius 3 is 2.31 bits per heavy atom. The van der Waals surface area contributed by atoms with Crippen molar-refractivity contribution >= 4 is 23.6 Å². The molecule has 2 N–H and O–H groups in total. The summed E-state index contributed by atoms with van der Waals surface area (Å²) < 4.78 is 11.1. The van der Waals surface area contributed by atoms with Crippen LogP contribution in [0.4, 0.5) is 10.5 Å². The lowest BCUT2D eigenvalue weighted by Crippen LogP contribution is -2.28. The molecular weight excluding hydrogens is 494 g/mol. The Morgan fingerprint density at radius 2 is 1.62 bits per heavy atom. The van der Waals surface area contributed by atoms with E-state index in [9.17, 15) is 14.4 Å². The van der Waals surface area contributed by atoms with E-state index >= 15 is 0 Å². The van der Waals surface area contributed by atoms with Gasteiger partial charge in [0.05, 0.1) is 18.2 Å². The Morgan fingerprint density at radius 1 is 0.897 bits per heavy atom. The van der Waals surface area contributed by atoms with E-state index in [1.807, 2.05) is 68.4 Å². The van der Waals surface area contributed by atoms with Gasteiger partial charge in [-0.15, -0.1) is 0 Å². The maximum atomic E-state index is 13.3. The Kier molecular flexibility index (Phi) is 10.5. The summed E-state index contributed by atoms with van der Waals surface area (Å²) >= 11 is 0. The van der Waals surface area contributed by atoms with Crippen molar-refractivity contribution in [3.63, 3.8) is 0 Å². The third-order valence-electron chi connectivity index (χ3n) is 6.05. The van der Waals surface area contributed by atoms with Crippen LogP contribution in [0.15, 0.2) is 72.8 Å². The molecule has 1 unspecified atom stereocenters. The van der Waals surface area contributed by atoms with E-state index in [1.165, 1.54) is 4.90 Å². The fourth-order valence-electron chi connectivity index (χ4n) is 3.84. The minimum Gasteiger partial charge on any atom is -0.493 e. The van der Waals surface area contributed by atoms with Gasteiger partial charge in [-0.2, -0.15) is 0 Å². The smallest absolute Gasteiger partial charge is 0.410 e. The minimum absolute atomic E-state index is 0.135. The predicted octanol–water partition coefficient (Wildman–Crippen LogP) is 5.94. The van der Waals surface area contributed by atoms with E-state index in [4.69, 9.17) is 9.47 Å². The summed E-state index contributed by atoms with van der Waals surface area (Å²) in [7, 11) is 1.69. The maximum absolute atomic E-state index is 13.3. The fraction of sp³-hybridized carbons (Fsp3) is 0.323. The van der Waals surface area contributed by atoms with E-state index in [2.05, 4.69) is 10.6 Å². The van der Waals surface area contributed by atoms with Gasteiger partial charge in [-0.05, 0) is 48.7 Å². The van der Waals surface area contributed by atoms with Gasteiger partial charge < -0.3 is 25.0 Å². The fourth-order valence-corrected chi connectivity index (χ4v) is 3.84. The number of hydrogen-bond acceptors (Lipinski definition) is 5. The van der Waals surface area contributed by atoms with E-state index in [-0.39, 0.29) is 30.4 Å². The molecular formula is C31H37N3O5. The van der Waals surface area contributed by atoms with Crippen molar-refractivity contribution in [2.75, 3.05) is 19.0 Å². The van der Waals surface area contributed by atoms with Gasteiger partial charge in [0.25, 0.3) is 5.91 Å². The molecule has 0 saturated carbocycles. The Balaban J connectivity index is 1.66. The van der Waals surface area contributed by atoms with E-state index in [0.29, 0.717) is 30.2 Å². The summed E-state index contributed by atoms with van der Waals surface area (Å²) in [5.74, 6) is -0.205. The highest BCUT2D eigenvalue weighted by Crippen LogP contribution is 2.25. The summed E-state index contributed by atoms with van der Waals surface area (Å²) in [6.45, 7) is 8.31. The van der Waals surface area contributed by atoms with Gasteiger partial charge in [-0.25, -0.2) is 4.79 Å². The lowest BCUT2D eigenvalue weighted by molar-refractivity contribution is -0.118. The van der Waals surface area contributed by atoms with Crippen molar-refractivity contribution in [2.45, 2.75) is 46.9 Å². The topological polar surface area (TPSA) is 97.0 Å². The number of nitrogens with one attached hydrogen (secondary N) is 2. The number of hydrogen-bond donors (Lipinski definition) is 2. The molecule has 8 nitrogen and oxygen atoms in total. The van der Waals surface area contributed by atoms with Crippen LogP contribution in [0.5, 0.6) is 5.75 Å². The highest BCUT2D eigenvalue weighted by atomic mass is 16.6. The summed E-state index contributed by atoms with van der Waals surface area (Å²) in [4.78, 5) is 39.4. The Bertz CT molecular complexity index is 1280. The standard InChI is InChI=1S/C31H37N3O5/c1-6-38-28-16-15-26(33-29(35)21(2)3)18-27(28)30(36)32-22(4)25-14-10-13-24(17-25)19-34(5)31(37)39-20-23-11-8-7-9-12-23/h7-18,21-22H,6,19-20H2,1-5H3,(H,32,36)(H,33,35). The zero-order valence-corrected chi connectivity index (χ0v) is 23.2. The van der Waals surface area contributed by atoms with Gasteiger partial charge in [0.2, 0.25) is 5.91 Å². The first kappa shape index (κ1) is 29.2. The molecule has 3 rings (SSSR count). The van der Waals surface area contributed by atoms with Gasteiger partial charge in [-0.1, -0.05) is 68.4 Å². The van der Waals surface area contributed by atoms with Crippen molar-refractivity contribution < 1.29 is 23.9 Å². The monoisotopic (exact) mass is 531 g/mol. The number of anilines is 1. The number of carbonyl (C=O) groups is 3. The van der Waals surface area contributed by atoms with Crippen LogP contribution in [-0.2, 0) is 22.7 Å². The van der Waals surface area contributed by atoms with Crippen molar-refractivity contribution in [1.29, 1.82) is 0 Å². The van der Waals surface area contributed by atoms with E-state index in [1.54, 1.807) is 39.1 Å². The molecule has 0 bridgehead atoms. The number of carbonyl (C=O) groups excluding carboxylic acids is 3.